The fourth-order valence-corrected chi connectivity index (χ4v) is 2.74. The van der Waals surface area contributed by atoms with Gasteiger partial charge in [0.25, 0.3) is 0 Å². The maximum Gasteiger partial charge on any atom is 0.249 e. The average molecular weight is 446 g/mol. The van der Waals surface area contributed by atoms with E-state index in [1.54, 1.807) is 6.07 Å². The Morgan fingerprint density at radius 2 is 1.86 bits per heavy atom. The van der Waals surface area contributed by atoms with Crippen molar-refractivity contribution in [3.63, 3.8) is 0 Å². The van der Waals surface area contributed by atoms with Crippen LogP contribution in [0, 0.1) is 13.8 Å². The van der Waals surface area contributed by atoms with E-state index in [0.717, 1.165) is 15.6 Å². The summed E-state index contributed by atoms with van der Waals surface area (Å²) in [5, 5.41) is 6.64. The first kappa shape index (κ1) is 21.6. The summed E-state index contributed by atoms with van der Waals surface area (Å²) in [5.74, 6) is -0.246. The first-order chi connectivity index (χ1) is 13.2. The molecule has 2 N–H and O–H groups in total. The molecule has 0 spiro atoms. The molecule has 0 aliphatic rings. The van der Waals surface area contributed by atoms with Gasteiger partial charge in [-0.25, -0.2) is 5.43 Å². The van der Waals surface area contributed by atoms with Crippen molar-refractivity contribution >= 4 is 39.6 Å². The maximum atomic E-state index is 12.0. The number of amides is 2. The number of benzene rings is 2. The number of nitrogens with zero attached hydrogens (tertiary/aromatic N) is 1. The minimum absolute atomic E-state index is 0.0111. The molecule has 7 heteroatoms. The molecule has 2 aromatic rings. The molecule has 0 heterocycles. The van der Waals surface area contributed by atoms with Crippen molar-refractivity contribution in [2.24, 2.45) is 5.10 Å². The highest BCUT2D eigenvalue weighted by atomic mass is 79.9. The first-order valence-electron chi connectivity index (χ1n) is 8.90. The standard InChI is InChI=1S/C21H24BrN3O3/c1-13(2)28-19-8-6-17(22)10-16(19)12-23-25-21(27)11-20(26)24-18-7-5-14(3)15(4)9-18/h5-10,12-13H,11H2,1-4H3,(H,24,26)(H,25,27). The van der Waals surface area contributed by atoms with Crippen molar-refractivity contribution in [2.45, 2.75) is 40.2 Å². The minimum atomic E-state index is -0.501. The Balaban J connectivity index is 1.92. The maximum absolute atomic E-state index is 12.0. The van der Waals surface area contributed by atoms with Crippen molar-refractivity contribution in [2.75, 3.05) is 5.32 Å². The molecule has 0 radical (unpaired) electrons. The van der Waals surface area contributed by atoms with E-state index in [2.05, 4.69) is 31.8 Å². The number of ether oxygens (including phenoxy) is 1. The Bertz CT molecular complexity index is 894. The topological polar surface area (TPSA) is 79.8 Å². The number of nitrogens with one attached hydrogen (secondary N) is 2. The molecule has 0 aromatic heterocycles. The number of rotatable bonds is 7. The Labute approximate surface area is 173 Å². The summed E-state index contributed by atoms with van der Waals surface area (Å²) in [5.41, 5.74) is 5.95. The summed E-state index contributed by atoms with van der Waals surface area (Å²) >= 11 is 3.40. The molecular weight excluding hydrogens is 422 g/mol. The predicted molar refractivity (Wildman–Crippen MR) is 115 cm³/mol. The Morgan fingerprint density at radius 1 is 1.11 bits per heavy atom. The fourth-order valence-electron chi connectivity index (χ4n) is 2.36. The Hall–Kier alpha value is -2.67. The molecule has 6 nitrogen and oxygen atoms in total. The summed E-state index contributed by atoms with van der Waals surface area (Å²) in [6, 6.07) is 11.1. The molecule has 0 unspecified atom stereocenters. The summed E-state index contributed by atoms with van der Waals surface area (Å²) < 4.78 is 6.58. The second kappa shape index (κ2) is 10.0. The van der Waals surface area contributed by atoms with Crippen molar-refractivity contribution in [1.82, 2.24) is 5.43 Å². The van der Waals surface area contributed by atoms with Gasteiger partial charge in [0, 0.05) is 15.7 Å². The Kier molecular flexibility index (Phi) is 7.75. The van der Waals surface area contributed by atoms with Gasteiger partial charge in [-0.05, 0) is 69.2 Å². The largest absolute Gasteiger partial charge is 0.490 e. The number of hydrogen-bond donors (Lipinski definition) is 2. The van der Waals surface area contributed by atoms with Gasteiger partial charge in [-0.2, -0.15) is 5.10 Å². The number of carbonyl (C=O) groups is 2. The van der Waals surface area contributed by atoms with Crippen LogP contribution in [-0.2, 0) is 9.59 Å². The molecule has 2 aromatic carbocycles. The van der Waals surface area contributed by atoms with Gasteiger partial charge >= 0.3 is 0 Å². The van der Waals surface area contributed by atoms with Gasteiger partial charge in [0.2, 0.25) is 11.8 Å². The highest BCUT2D eigenvalue weighted by molar-refractivity contribution is 9.10. The quantitative estimate of drug-likeness (QED) is 0.378. The summed E-state index contributed by atoms with van der Waals surface area (Å²) in [7, 11) is 0. The van der Waals surface area contributed by atoms with Crippen LogP contribution in [-0.4, -0.2) is 24.1 Å². The van der Waals surface area contributed by atoms with E-state index in [1.165, 1.54) is 6.21 Å². The van der Waals surface area contributed by atoms with Crippen molar-refractivity contribution < 1.29 is 14.3 Å². The number of hydrogen-bond acceptors (Lipinski definition) is 4. The molecular formula is C21H24BrN3O3. The molecule has 0 saturated carbocycles. The van der Waals surface area contributed by atoms with E-state index in [9.17, 15) is 9.59 Å². The smallest absolute Gasteiger partial charge is 0.249 e. The molecule has 0 aliphatic heterocycles. The first-order valence-corrected chi connectivity index (χ1v) is 9.69. The SMILES string of the molecule is Cc1ccc(NC(=O)CC(=O)NN=Cc2cc(Br)ccc2OC(C)C)cc1C. The zero-order valence-electron chi connectivity index (χ0n) is 16.4. The third-order valence-electron chi connectivity index (χ3n) is 3.84. The van der Waals surface area contributed by atoms with E-state index < -0.39 is 11.8 Å². The predicted octanol–water partition coefficient (Wildman–Crippen LogP) is 4.33. The van der Waals surface area contributed by atoms with Crippen molar-refractivity contribution in [3.05, 3.63) is 57.6 Å². The van der Waals surface area contributed by atoms with Crippen molar-refractivity contribution in [1.29, 1.82) is 0 Å². The Morgan fingerprint density at radius 3 is 2.54 bits per heavy atom. The van der Waals surface area contributed by atoms with Crippen LogP contribution < -0.4 is 15.5 Å². The van der Waals surface area contributed by atoms with E-state index in [1.807, 2.05) is 58.0 Å². The van der Waals surface area contributed by atoms with Crippen LogP contribution in [0.1, 0.15) is 37.0 Å². The minimum Gasteiger partial charge on any atom is -0.490 e. The van der Waals surface area contributed by atoms with Gasteiger partial charge in [-0.1, -0.05) is 22.0 Å². The fraction of sp³-hybridized carbons (Fsp3) is 0.286. The van der Waals surface area contributed by atoms with E-state index >= 15 is 0 Å². The lowest BCUT2D eigenvalue weighted by Crippen LogP contribution is -2.24. The molecule has 2 rings (SSSR count). The second-order valence-electron chi connectivity index (χ2n) is 6.67. The van der Waals surface area contributed by atoms with Crippen LogP contribution in [0.2, 0.25) is 0 Å². The lowest BCUT2D eigenvalue weighted by atomic mass is 10.1. The highest BCUT2D eigenvalue weighted by Gasteiger charge is 2.10. The van der Waals surface area contributed by atoms with E-state index in [4.69, 9.17) is 4.74 Å². The number of carbonyl (C=O) groups excluding carboxylic acids is 2. The highest BCUT2D eigenvalue weighted by Crippen LogP contribution is 2.22. The van der Waals surface area contributed by atoms with Gasteiger partial charge in [-0.15, -0.1) is 0 Å². The van der Waals surface area contributed by atoms with Crippen LogP contribution in [0.3, 0.4) is 0 Å². The van der Waals surface area contributed by atoms with Gasteiger partial charge in [0.15, 0.2) is 0 Å². The zero-order valence-corrected chi connectivity index (χ0v) is 18.0. The van der Waals surface area contributed by atoms with Crippen LogP contribution in [0.15, 0.2) is 46.0 Å². The second-order valence-corrected chi connectivity index (χ2v) is 7.58. The van der Waals surface area contributed by atoms with Crippen LogP contribution in [0.25, 0.3) is 0 Å². The van der Waals surface area contributed by atoms with Crippen LogP contribution in [0.4, 0.5) is 5.69 Å². The van der Waals surface area contributed by atoms with Gasteiger partial charge in [0.05, 0.1) is 12.3 Å². The lowest BCUT2D eigenvalue weighted by molar-refractivity contribution is -0.126. The molecule has 0 saturated heterocycles. The molecule has 0 aliphatic carbocycles. The summed E-state index contributed by atoms with van der Waals surface area (Å²) in [4.78, 5) is 24.0. The van der Waals surface area contributed by atoms with Crippen LogP contribution >= 0.6 is 15.9 Å². The molecule has 0 fully saturated rings. The van der Waals surface area contributed by atoms with Gasteiger partial charge in [-0.3, -0.25) is 9.59 Å². The zero-order chi connectivity index (χ0) is 20.7. The normalized spacial score (nSPS) is 10.9. The summed E-state index contributed by atoms with van der Waals surface area (Å²) in [6.07, 6.45) is 1.18. The number of halogens is 1. The molecule has 0 bridgehead atoms. The number of aryl methyl sites for hydroxylation is 2. The third kappa shape index (κ3) is 6.81. The monoisotopic (exact) mass is 445 g/mol. The van der Waals surface area contributed by atoms with Gasteiger partial charge in [0.1, 0.15) is 12.2 Å². The molecule has 0 atom stereocenters. The lowest BCUT2D eigenvalue weighted by Gasteiger charge is -2.12. The number of hydrazone groups is 1. The van der Waals surface area contributed by atoms with Crippen LogP contribution in [0.5, 0.6) is 5.75 Å². The third-order valence-corrected chi connectivity index (χ3v) is 4.33. The van der Waals surface area contributed by atoms with Crippen molar-refractivity contribution in [3.8, 4) is 5.75 Å². The van der Waals surface area contributed by atoms with Gasteiger partial charge < -0.3 is 10.1 Å². The molecule has 148 valence electrons. The molecule has 2 amide bonds. The average Bonchev–Trinajstić information content (AvgIpc) is 2.60. The molecule has 28 heavy (non-hydrogen) atoms. The van der Waals surface area contributed by atoms with E-state index in [-0.39, 0.29) is 12.5 Å². The summed E-state index contributed by atoms with van der Waals surface area (Å²) in [6.45, 7) is 7.82. The van der Waals surface area contributed by atoms with E-state index in [0.29, 0.717) is 17.0 Å². The number of anilines is 1.